The lowest BCUT2D eigenvalue weighted by molar-refractivity contribution is 0.0750. The Morgan fingerprint density at radius 3 is 1.96 bits per heavy atom. The normalized spacial score (nSPS) is 13.4. The first-order valence-corrected chi connectivity index (χ1v) is 16.9. The molecule has 10 nitrogen and oxygen atoms in total. The summed E-state index contributed by atoms with van der Waals surface area (Å²) in [5.41, 5.74) is 2.20. The molecule has 6 aromatic rings. The van der Waals surface area contributed by atoms with Crippen LogP contribution in [0.25, 0.3) is 21.8 Å². The molecule has 1 N–H and O–H groups in total. The van der Waals surface area contributed by atoms with E-state index in [1.165, 1.54) is 12.1 Å². The number of ether oxygens (including phenoxy) is 1. The van der Waals surface area contributed by atoms with Gasteiger partial charge in [-0.3, -0.25) is 4.79 Å². The first kappa shape index (κ1) is 30.9. The van der Waals surface area contributed by atoms with Gasteiger partial charge in [0.15, 0.2) is 0 Å². The van der Waals surface area contributed by atoms with Crippen molar-refractivity contribution in [1.82, 2.24) is 9.88 Å². The van der Waals surface area contributed by atoms with Crippen molar-refractivity contribution in [2.24, 2.45) is 0 Å². The fraction of sp³-hybridized carbons (Fsp3) is 0.135. The Hall–Kier alpha value is -5.73. The Labute approximate surface area is 277 Å². The molecule has 242 valence electrons. The third-order valence-corrected chi connectivity index (χ3v) is 9.38. The maximum atomic E-state index is 14.3. The van der Waals surface area contributed by atoms with Crippen LogP contribution in [0, 0.1) is 0 Å². The lowest BCUT2D eigenvalue weighted by Crippen LogP contribution is -2.48. The number of phenols is 1. The van der Waals surface area contributed by atoms with Crippen LogP contribution in [-0.2, 0) is 4.57 Å². The molecule has 0 unspecified atom stereocenters. The van der Waals surface area contributed by atoms with Crippen LogP contribution in [0.4, 0.5) is 5.69 Å². The molecule has 0 bridgehead atoms. The number of benzene rings is 5. The Kier molecular flexibility index (Phi) is 8.48. The third kappa shape index (κ3) is 6.43. The molecule has 1 fully saturated rings. The van der Waals surface area contributed by atoms with E-state index in [9.17, 15) is 14.5 Å². The number of phenolic OH excluding ortho intramolecular Hbond substituents is 1. The van der Waals surface area contributed by atoms with Crippen LogP contribution in [0.2, 0.25) is 0 Å². The molecule has 0 spiro atoms. The van der Waals surface area contributed by atoms with Gasteiger partial charge >= 0.3 is 7.82 Å². The predicted octanol–water partition coefficient (Wildman–Crippen LogP) is 7.71. The average Bonchev–Trinajstić information content (AvgIpc) is 3.11. The fourth-order valence-electron chi connectivity index (χ4n) is 5.79. The SMILES string of the molecule is COc1cccc(N2CCN(C(=O)c3c4ccccc4nc4cc(OP(=O)(Oc5ccccc5)Oc5ccccc5)cc(O)c34)CC2)c1. The lowest BCUT2D eigenvalue weighted by atomic mass is 10.00. The number of para-hydroxylation sites is 3. The van der Waals surface area contributed by atoms with Crippen LogP contribution in [0.15, 0.2) is 121 Å². The molecule has 0 saturated carbocycles. The zero-order chi connectivity index (χ0) is 33.1. The number of fused-ring (bicyclic) bond motifs is 2. The fourth-order valence-corrected chi connectivity index (χ4v) is 7.03. The quantitative estimate of drug-likeness (QED) is 0.123. The molecular formula is C37H32N3O7P. The van der Waals surface area contributed by atoms with Gasteiger partial charge < -0.3 is 33.2 Å². The average molecular weight is 662 g/mol. The number of aromatic nitrogens is 1. The number of piperazine rings is 1. The summed E-state index contributed by atoms with van der Waals surface area (Å²) in [7, 11) is -2.71. The van der Waals surface area contributed by atoms with Gasteiger partial charge in [0.2, 0.25) is 0 Å². The minimum Gasteiger partial charge on any atom is -0.507 e. The molecule has 11 heteroatoms. The van der Waals surface area contributed by atoms with Crippen LogP contribution in [0.5, 0.6) is 28.7 Å². The number of methoxy groups -OCH3 is 1. The van der Waals surface area contributed by atoms with E-state index < -0.39 is 7.82 Å². The summed E-state index contributed by atoms with van der Waals surface area (Å²) in [6, 6.07) is 35.0. The van der Waals surface area contributed by atoms with Crippen LogP contribution >= 0.6 is 7.82 Å². The minimum absolute atomic E-state index is 0.0109. The van der Waals surface area contributed by atoms with Gasteiger partial charge in [0.05, 0.1) is 29.1 Å². The van der Waals surface area contributed by atoms with E-state index in [1.807, 2.05) is 42.5 Å². The van der Waals surface area contributed by atoms with Crippen LogP contribution in [0.1, 0.15) is 10.4 Å². The highest BCUT2D eigenvalue weighted by Gasteiger charge is 2.34. The van der Waals surface area contributed by atoms with Crippen molar-refractivity contribution in [2.75, 3.05) is 38.2 Å². The summed E-state index contributed by atoms with van der Waals surface area (Å²) >= 11 is 0. The molecule has 2 heterocycles. The monoisotopic (exact) mass is 661 g/mol. The van der Waals surface area contributed by atoms with E-state index in [0.717, 1.165) is 11.4 Å². The van der Waals surface area contributed by atoms with Gasteiger partial charge in [-0.2, -0.15) is 4.57 Å². The van der Waals surface area contributed by atoms with Gasteiger partial charge in [-0.1, -0.05) is 60.7 Å². The number of nitrogens with zero attached hydrogens (tertiary/aromatic N) is 3. The summed E-state index contributed by atoms with van der Waals surface area (Å²) in [6.07, 6.45) is 0. The second-order valence-corrected chi connectivity index (χ2v) is 12.6. The van der Waals surface area contributed by atoms with Crippen LogP contribution < -0.4 is 23.2 Å². The summed E-state index contributed by atoms with van der Waals surface area (Å²) in [6.45, 7) is 2.21. The third-order valence-electron chi connectivity index (χ3n) is 8.07. The van der Waals surface area contributed by atoms with E-state index in [0.29, 0.717) is 42.6 Å². The van der Waals surface area contributed by atoms with E-state index >= 15 is 0 Å². The molecule has 1 saturated heterocycles. The molecule has 1 aliphatic heterocycles. The molecule has 1 aromatic heterocycles. The highest BCUT2D eigenvalue weighted by Crippen LogP contribution is 2.51. The standard InChI is InChI=1S/C37H32N3O7P/c1-44-29-16-10-11-26(23-29)39-19-21-40(22-20-39)37(42)35-31-17-8-9-18-32(31)38-33-24-30(25-34(41)36(33)35)47-48(43,45-27-12-4-2-5-13-27)46-28-14-6-3-7-15-28/h2-18,23-25,41H,19-22H2,1H3. The number of rotatable bonds is 9. The highest BCUT2D eigenvalue weighted by molar-refractivity contribution is 7.49. The van der Waals surface area contributed by atoms with Gasteiger partial charge in [-0.25, -0.2) is 4.98 Å². The van der Waals surface area contributed by atoms with Crippen molar-refractivity contribution in [3.63, 3.8) is 0 Å². The second-order valence-electron chi connectivity index (χ2n) is 11.2. The molecule has 7 rings (SSSR count). The lowest BCUT2D eigenvalue weighted by Gasteiger charge is -2.36. The summed E-state index contributed by atoms with van der Waals surface area (Å²) in [4.78, 5) is 23.0. The molecule has 1 amide bonds. The molecule has 0 radical (unpaired) electrons. The van der Waals surface area contributed by atoms with Crippen molar-refractivity contribution in [3.05, 3.63) is 127 Å². The largest absolute Gasteiger partial charge is 0.647 e. The minimum atomic E-state index is -4.35. The number of amides is 1. The Morgan fingerprint density at radius 1 is 0.688 bits per heavy atom. The maximum Gasteiger partial charge on any atom is 0.647 e. The van der Waals surface area contributed by atoms with Crippen molar-refractivity contribution in [2.45, 2.75) is 0 Å². The van der Waals surface area contributed by atoms with Gasteiger partial charge in [-0.05, 0) is 42.5 Å². The number of aromatic hydroxyl groups is 1. The number of anilines is 1. The zero-order valence-electron chi connectivity index (χ0n) is 26.1. The molecular weight excluding hydrogens is 629 g/mol. The summed E-state index contributed by atoms with van der Waals surface area (Å²) < 4.78 is 36.9. The highest BCUT2D eigenvalue weighted by atomic mass is 31.2. The van der Waals surface area contributed by atoms with Gasteiger partial charge in [-0.15, -0.1) is 0 Å². The number of carbonyl (C=O) groups excluding carboxylic acids is 1. The predicted molar refractivity (Wildman–Crippen MR) is 184 cm³/mol. The molecule has 0 atom stereocenters. The van der Waals surface area contributed by atoms with Crippen molar-refractivity contribution >= 4 is 41.2 Å². The topological polar surface area (TPSA) is 111 Å². The first-order chi connectivity index (χ1) is 23.4. The zero-order valence-corrected chi connectivity index (χ0v) is 27.0. The summed E-state index contributed by atoms with van der Waals surface area (Å²) in [5.74, 6) is 0.816. The van der Waals surface area contributed by atoms with Gasteiger partial charge in [0, 0.05) is 55.5 Å². The number of hydrogen-bond acceptors (Lipinski definition) is 9. The van der Waals surface area contributed by atoms with Gasteiger partial charge in [0.25, 0.3) is 5.91 Å². The first-order valence-electron chi connectivity index (χ1n) is 15.4. The molecule has 48 heavy (non-hydrogen) atoms. The second kappa shape index (κ2) is 13.2. The van der Waals surface area contributed by atoms with E-state index in [2.05, 4.69) is 4.90 Å². The van der Waals surface area contributed by atoms with Crippen molar-refractivity contribution in [1.29, 1.82) is 0 Å². The van der Waals surface area contributed by atoms with Crippen LogP contribution in [-0.4, -0.2) is 54.2 Å². The van der Waals surface area contributed by atoms with Gasteiger partial charge in [0.1, 0.15) is 28.7 Å². The number of hydrogen-bond donors (Lipinski definition) is 1. The van der Waals surface area contributed by atoms with E-state index in [4.69, 9.17) is 23.3 Å². The molecule has 0 aliphatic carbocycles. The molecule has 1 aliphatic rings. The smallest absolute Gasteiger partial charge is 0.507 e. The number of phosphoric acid groups is 1. The Morgan fingerprint density at radius 2 is 1.29 bits per heavy atom. The Bertz CT molecular complexity index is 2090. The maximum absolute atomic E-state index is 14.3. The number of pyridine rings is 1. The summed E-state index contributed by atoms with van der Waals surface area (Å²) in [5, 5.41) is 12.4. The van der Waals surface area contributed by atoms with E-state index in [-0.39, 0.29) is 39.8 Å². The van der Waals surface area contributed by atoms with Crippen molar-refractivity contribution < 1.29 is 32.8 Å². The van der Waals surface area contributed by atoms with E-state index in [1.54, 1.807) is 78.7 Å². The number of phosphoric ester groups is 1. The Balaban J connectivity index is 1.22. The molecule has 5 aromatic carbocycles. The van der Waals surface area contributed by atoms with Crippen molar-refractivity contribution in [3.8, 4) is 28.7 Å². The van der Waals surface area contributed by atoms with Crippen LogP contribution in [0.3, 0.4) is 0 Å². The number of carbonyl (C=O) groups is 1.